The first-order valence-electron chi connectivity index (χ1n) is 8.72. The first kappa shape index (κ1) is 17.1. The summed E-state index contributed by atoms with van der Waals surface area (Å²) in [6.07, 6.45) is 1.66. The van der Waals surface area contributed by atoms with Crippen LogP contribution in [0.15, 0.2) is 47.4 Å². The fraction of sp³-hybridized carbons (Fsp3) is 0.300. The number of rotatable bonds is 2. The maximum absolute atomic E-state index is 12.9. The highest BCUT2D eigenvalue weighted by molar-refractivity contribution is 7.89. The Balaban J connectivity index is 1.76. The molecular weight excluding hydrogens is 350 g/mol. The SMILES string of the molecule is CC1CCN(S(=O)(=O)c2ccc3c(c2)C(=O)c2ccccc2C3=O)CC1. The molecule has 4 rings (SSSR count). The quantitative estimate of drug-likeness (QED) is 0.696. The van der Waals surface area contributed by atoms with Crippen LogP contribution in [-0.2, 0) is 10.0 Å². The van der Waals surface area contributed by atoms with Gasteiger partial charge in [-0.25, -0.2) is 8.42 Å². The number of hydrogen-bond acceptors (Lipinski definition) is 4. The zero-order valence-corrected chi connectivity index (χ0v) is 15.3. The summed E-state index contributed by atoms with van der Waals surface area (Å²) in [5.41, 5.74) is 1.12. The average Bonchev–Trinajstić information content (AvgIpc) is 2.66. The Labute approximate surface area is 152 Å². The van der Waals surface area contributed by atoms with E-state index < -0.39 is 10.0 Å². The molecule has 0 saturated carbocycles. The molecule has 0 aromatic heterocycles. The molecule has 1 heterocycles. The third kappa shape index (κ3) is 2.61. The minimum absolute atomic E-state index is 0.0753. The first-order chi connectivity index (χ1) is 12.4. The van der Waals surface area contributed by atoms with E-state index in [0.717, 1.165) is 12.8 Å². The van der Waals surface area contributed by atoms with Crippen molar-refractivity contribution in [3.8, 4) is 0 Å². The van der Waals surface area contributed by atoms with Crippen LogP contribution in [0.5, 0.6) is 0 Å². The van der Waals surface area contributed by atoms with Gasteiger partial charge >= 0.3 is 0 Å². The number of ketones is 2. The molecular formula is C20H19NO4S. The summed E-state index contributed by atoms with van der Waals surface area (Å²) in [5, 5.41) is 0. The first-order valence-corrected chi connectivity index (χ1v) is 10.2. The van der Waals surface area contributed by atoms with E-state index in [4.69, 9.17) is 0 Å². The third-order valence-electron chi connectivity index (χ3n) is 5.28. The standard InChI is InChI=1S/C20H19NO4S/c1-13-8-10-21(11-9-13)26(24,25)14-6-7-17-18(12-14)20(23)16-5-3-2-4-15(16)19(17)22/h2-7,12-13H,8-11H2,1H3. The molecule has 0 amide bonds. The Morgan fingerprint density at radius 1 is 0.846 bits per heavy atom. The molecule has 0 unspecified atom stereocenters. The van der Waals surface area contributed by atoms with Crippen molar-refractivity contribution < 1.29 is 18.0 Å². The molecule has 1 fully saturated rings. The van der Waals surface area contributed by atoms with Gasteiger partial charge < -0.3 is 0 Å². The highest BCUT2D eigenvalue weighted by Gasteiger charge is 2.33. The van der Waals surface area contributed by atoms with Gasteiger partial charge in [-0.1, -0.05) is 31.2 Å². The smallest absolute Gasteiger partial charge is 0.243 e. The van der Waals surface area contributed by atoms with E-state index in [0.29, 0.717) is 30.1 Å². The molecule has 6 heteroatoms. The Morgan fingerprint density at radius 2 is 1.38 bits per heavy atom. The van der Waals surface area contributed by atoms with Crippen molar-refractivity contribution in [2.24, 2.45) is 5.92 Å². The van der Waals surface area contributed by atoms with E-state index in [9.17, 15) is 18.0 Å². The van der Waals surface area contributed by atoms with Crippen molar-refractivity contribution in [1.29, 1.82) is 0 Å². The lowest BCUT2D eigenvalue weighted by Crippen LogP contribution is -2.38. The van der Waals surface area contributed by atoms with Crippen molar-refractivity contribution in [2.45, 2.75) is 24.7 Å². The second kappa shape index (κ2) is 6.14. The molecule has 0 spiro atoms. The summed E-state index contributed by atoms with van der Waals surface area (Å²) in [6.45, 7) is 3.08. The summed E-state index contributed by atoms with van der Waals surface area (Å²) in [7, 11) is -3.67. The number of fused-ring (bicyclic) bond motifs is 2. The largest absolute Gasteiger partial charge is 0.289 e. The minimum Gasteiger partial charge on any atom is -0.289 e. The Hall–Kier alpha value is -2.31. The van der Waals surface area contributed by atoms with Crippen LogP contribution < -0.4 is 0 Å². The normalized spacial score (nSPS) is 18.5. The van der Waals surface area contributed by atoms with Gasteiger partial charge in [-0.2, -0.15) is 4.31 Å². The second-order valence-electron chi connectivity index (χ2n) is 7.00. The molecule has 5 nitrogen and oxygen atoms in total. The lowest BCUT2D eigenvalue weighted by Gasteiger charge is -2.29. The Bertz CT molecular complexity index is 1020. The summed E-state index contributed by atoms with van der Waals surface area (Å²) < 4.78 is 27.4. The van der Waals surface area contributed by atoms with E-state index in [1.807, 2.05) is 0 Å². The number of hydrogen-bond donors (Lipinski definition) is 0. The summed E-state index contributed by atoms with van der Waals surface area (Å²) in [6, 6.07) is 10.9. The second-order valence-corrected chi connectivity index (χ2v) is 8.94. The number of benzene rings is 2. The zero-order chi connectivity index (χ0) is 18.5. The van der Waals surface area contributed by atoms with Gasteiger partial charge in [0, 0.05) is 35.3 Å². The van der Waals surface area contributed by atoms with E-state index in [1.54, 1.807) is 24.3 Å². The monoisotopic (exact) mass is 369 g/mol. The molecule has 1 saturated heterocycles. The van der Waals surface area contributed by atoms with Crippen LogP contribution in [0.25, 0.3) is 0 Å². The van der Waals surface area contributed by atoms with Crippen molar-refractivity contribution >= 4 is 21.6 Å². The molecule has 2 aromatic rings. The summed E-state index contributed by atoms with van der Waals surface area (Å²) in [5.74, 6) is -0.0360. The predicted molar refractivity (Wildman–Crippen MR) is 96.9 cm³/mol. The van der Waals surface area contributed by atoms with Gasteiger partial charge in [-0.05, 0) is 37.0 Å². The fourth-order valence-electron chi connectivity index (χ4n) is 3.61. The van der Waals surface area contributed by atoms with Gasteiger partial charge in [0.1, 0.15) is 0 Å². The van der Waals surface area contributed by atoms with E-state index in [2.05, 4.69) is 6.92 Å². The maximum Gasteiger partial charge on any atom is 0.243 e. The molecule has 0 atom stereocenters. The molecule has 2 aliphatic rings. The maximum atomic E-state index is 12.9. The van der Waals surface area contributed by atoms with Crippen LogP contribution in [0, 0.1) is 5.92 Å². The van der Waals surface area contributed by atoms with Gasteiger partial charge in [0.25, 0.3) is 0 Å². The topological polar surface area (TPSA) is 71.5 Å². The predicted octanol–water partition coefficient (Wildman–Crippen LogP) is 2.88. The Morgan fingerprint density at radius 3 is 2.00 bits per heavy atom. The third-order valence-corrected chi connectivity index (χ3v) is 7.17. The average molecular weight is 369 g/mol. The number of sulfonamides is 1. The Kier molecular flexibility index (Phi) is 4.04. The van der Waals surface area contributed by atoms with Crippen molar-refractivity contribution in [3.05, 3.63) is 64.7 Å². The van der Waals surface area contributed by atoms with Gasteiger partial charge in [-0.3, -0.25) is 9.59 Å². The number of carbonyl (C=O) groups excluding carboxylic acids is 2. The lowest BCUT2D eigenvalue weighted by atomic mass is 9.84. The van der Waals surface area contributed by atoms with Crippen LogP contribution in [-0.4, -0.2) is 37.4 Å². The van der Waals surface area contributed by atoms with Crippen LogP contribution in [0.2, 0.25) is 0 Å². The highest BCUT2D eigenvalue weighted by atomic mass is 32.2. The van der Waals surface area contributed by atoms with Crippen LogP contribution in [0.1, 0.15) is 51.6 Å². The van der Waals surface area contributed by atoms with E-state index in [-0.39, 0.29) is 27.6 Å². The molecule has 1 aliphatic carbocycles. The van der Waals surface area contributed by atoms with Crippen molar-refractivity contribution in [3.63, 3.8) is 0 Å². The van der Waals surface area contributed by atoms with Crippen molar-refractivity contribution in [1.82, 2.24) is 4.31 Å². The molecule has 26 heavy (non-hydrogen) atoms. The van der Waals surface area contributed by atoms with Crippen molar-refractivity contribution in [2.75, 3.05) is 13.1 Å². The lowest BCUT2D eigenvalue weighted by molar-refractivity contribution is 0.0979. The van der Waals surface area contributed by atoms with Crippen LogP contribution in [0.3, 0.4) is 0 Å². The molecule has 0 N–H and O–H groups in total. The number of nitrogens with zero attached hydrogens (tertiary/aromatic N) is 1. The number of carbonyl (C=O) groups is 2. The van der Waals surface area contributed by atoms with Gasteiger partial charge in [-0.15, -0.1) is 0 Å². The van der Waals surface area contributed by atoms with E-state index in [1.165, 1.54) is 22.5 Å². The van der Waals surface area contributed by atoms with Gasteiger partial charge in [0.2, 0.25) is 10.0 Å². The van der Waals surface area contributed by atoms with Crippen LogP contribution in [0.4, 0.5) is 0 Å². The van der Waals surface area contributed by atoms with Gasteiger partial charge in [0.15, 0.2) is 11.6 Å². The molecule has 134 valence electrons. The molecule has 2 aromatic carbocycles. The van der Waals surface area contributed by atoms with Gasteiger partial charge in [0.05, 0.1) is 4.90 Å². The number of piperidine rings is 1. The zero-order valence-electron chi connectivity index (χ0n) is 14.4. The minimum atomic E-state index is -3.67. The van der Waals surface area contributed by atoms with E-state index >= 15 is 0 Å². The molecule has 0 radical (unpaired) electrons. The van der Waals surface area contributed by atoms with Crippen LogP contribution >= 0.6 is 0 Å². The summed E-state index contributed by atoms with van der Waals surface area (Å²) >= 11 is 0. The fourth-order valence-corrected chi connectivity index (χ4v) is 5.11. The molecule has 1 aliphatic heterocycles. The molecule has 0 bridgehead atoms. The highest BCUT2D eigenvalue weighted by Crippen LogP contribution is 2.30. The summed E-state index contributed by atoms with van der Waals surface area (Å²) in [4.78, 5) is 25.5.